The van der Waals surface area contributed by atoms with Crippen LogP contribution in [0.25, 0.3) is 0 Å². The molecule has 1 aliphatic rings. The minimum atomic E-state index is -0.218. The van der Waals surface area contributed by atoms with E-state index in [0.717, 1.165) is 24.3 Å². The second-order valence-electron chi connectivity index (χ2n) is 5.60. The summed E-state index contributed by atoms with van der Waals surface area (Å²) >= 11 is 5.86. The van der Waals surface area contributed by atoms with Gasteiger partial charge in [-0.3, -0.25) is 4.79 Å². The predicted octanol–water partition coefficient (Wildman–Crippen LogP) is 2.21. The van der Waals surface area contributed by atoms with Gasteiger partial charge < -0.3 is 15.0 Å². The molecule has 0 atom stereocenters. The summed E-state index contributed by atoms with van der Waals surface area (Å²) in [5.41, 5.74) is 2.12. The smallest absolute Gasteiger partial charge is 0.270 e. The summed E-state index contributed by atoms with van der Waals surface area (Å²) in [5, 5.41) is 3.55. The van der Waals surface area contributed by atoms with E-state index >= 15 is 0 Å². The Labute approximate surface area is 145 Å². The number of carbonyl (C=O) groups excluding carboxylic acids is 1. The maximum atomic E-state index is 12.4. The zero-order valence-electron chi connectivity index (χ0n) is 13.5. The van der Waals surface area contributed by atoms with Crippen molar-refractivity contribution in [2.75, 3.05) is 31.2 Å². The number of nitrogens with zero attached hydrogens (tertiary/aromatic N) is 3. The first-order valence-corrected chi connectivity index (χ1v) is 8.20. The number of anilines is 1. The van der Waals surface area contributed by atoms with E-state index in [1.165, 1.54) is 0 Å². The number of halogens is 1. The number of amides is 1. The van der Waals surface area contributed by atoms with Gasteiger partial charge in [0.1, 0.15) is 5.69 Å². The second-order valence-corrected chi connectivity index (χ2v) is 6.04. The first-order chi connectivity index (χ1) is 11.6. The van der Waals surface area contributed by atoms with Crippen LogP contribution in [0.5, 0.6) is 0 Å². The zero-order chi connectivity index (χ0) is 16.9. The first kappa shape index (κ1) is 16.7. The maximum Gasteiger partial charge on any atom is 0.270 e. The highest BCUT2D eigenvalue weighted by Gasteiger charge is 2.17. The molecule has 126 valence electrons. The lowest BCUT2D eigenvalue weighted by Crippen LogP contribution is -2.38. The Bertz CT molecular complexity index is 715. The highest BCUT2D eigenvalue weighted by molar-refractivity contribution is 6.30. The van der Waals surface area contributed by atoms with E-state index in [0.29, 0.717) is 36.4 Å². The van der Waals surface area contributed by atoms with Gasteiger partial charge in [0.15, 0.2) is 0 Å². The van der Waals surface area contributed by atoms with Crippen LogP contribution in [-0.2, 0) is 11.3 Å². The van der Waals surface area contributed by atoms with Crippen molar-refractivity contribution < 1.29 is 9.53 Å². The monoisotopic (exact) mass is 346 g/mol. The third-order valence-electron chi connectivity index (χ3n) is 3.74. The molecule has 0 bridgehead atoms. The molecule has 1 amide bonds. The number of ether oxygens (including phenoxy) is 1. The fourth-order valence-corrected chi connectivity index (χ4v) is 2.58. The van der Waals surface area contributed by atoms with Crippen molar-refractivity contribution in [3.8, 4) is 0 Å². The molecule has 6 nitrogen and oxygen atoms in total. The number of hydrogen-bond acceptors (Lipinski definition) is 5. The van der Waals surface area contributed by atoms with E-state index in [1.54, 1.807) is 18.2 Å². The summed E-state index contributed by atoms with van der Waals surface area (Å²) in [4.78, 5) is 23.3. The minimum Gasteiger partial charge on any atom is -0.378 e. The van der Waals surface area contributed by atoms with Gasteiger partial charge in [0.25, 0.3) is 5.91 Å². The molecule has 0 aliphatic carbocycles. The van der Waals surface area contributed by atoms with Crippen molar-refractivity contribution in [2.24, 2.45) is 0 Å². The molecular formula is C17H19ClN4O2. The average Bonchev–Trinajstić information content (AvgIpc) is 2.61. The number of benzene rings is 1. The van der Waals surface area contributed by atoms with Gasteiger partial charge >= 0.3 is 0 Å². The number of carbonyl (C=O) groups is 1. The largest absolute Gasteiger partial charge is 0.378 e. The molecule has 3 rings (SSSR count). The Kier molecular flexibility index (Phi) is 5.27. The second kappa shape index (κ2) is 7.59. The lowest BCUT2D eigenvalue weighted by molar-refractivity contribution is 0.0945. The van der Waals surface area contributed by atoms with Crippen LogP contribution in [0.15, 0.2) is 30.3 Å². The van der Waals surface area contributed by atoms with Gasteiger partial charge in [-0.1, -0.05) is 23.7 Å². The van der Waals surface area contributed by atoms with Crippen LogP contribution in [0, 0.1) is 6.92 Å². The molecule has 0 spiro atoms. The van der Waals surface area contributed by atoms with E-state index < -0.39 is 0 Å². The molecule has 2 aromatic rings. The molecular weight excluding hydrogens is 328 g/mol. The zero-order valence-corrected chi connectivity index (χ0v) is 14.2. The van der Waals surface area contributed by atoms with Crippen molar-refractivity contribution in [3.05, 3.63) is 52.3 Å². The summed E-state index contributed by atoms with van der Waals surface area (Å²) in [5.74, 6) is 0.361. The summed E-state index contributed by atoms with van der Waals surface area (Å²) in [7, 11) is 0. The Morgan fingerprint density at radius 1 is 1.25 bits per heavy atom. The number of hydrogen-bond donors (Lipinski definition) is 1. The molecule has 2 heterocycles. The van der Waals surface area contributed by atoms with Crippen LogP contribution in [0.4, 0.5) is 5.95 Å². The van der Waals surface area contributed by atoms with Gasteiger partial charge in [-0.25, -0.2) is 9.97 Å². The molecule has 24 heavy (non-hydrogen) atoms. The lowest BCUT2D eigenvalue weighted by Gasteiger charge is -2.27. The minimum absolute atomic E-state index is 0.218. The SMILES string of the molecule is Cc1cc(C(=O)NCc2ccc(Cl)cc2)nc(N2CCOCC2)n1. The van der Waals surface area contributed by atoms with E-state index in [-0.39, 0.29) is 5.91 Å². The number of rotatable bonds is 4. The molecule has 1 fully saturated rings. The molecule has 1 aliphatic heterocycles. The standard InChI is InChI=1S/C17H19ClN4O2/c1-12-10-15(21-17(20-12)22-6-8-24-9-7-22)16(23)19-11-13-2-4-14(18)5-3-13/h2-5,10H,6-9,11H2,1H3,(H,19,23). The first-order valence-electron chi connectivity index (χ1n) is 7.83. The average molecular weight is 347 g/mol. The third-order valence-corrected chi connectivity index (χ3v) is 3.99. The van der Waals surface area contributed by atoms with Crippen LogP contribution in [0.3, 0.4) is 0 Å². The van der Waals surface area contributed by atoms with Crippen molar-refractivity contribution in [3.63, 3.8) is 0 Å². The summed E-state index contributed by atoms with van der Waals surface area (Å²) in [6, 6.07) is 9.06. The van der Waals surface area contributed by atoms with E-state index in [9.17, 15) is 4.79 Å². The molecule has 0 radical (unpaired) electrons. The van der Waals surface area contributed by atoms with Gasteiger partial charge in [0, 0.05) is 30.4 Å². The summed E-state index contributed by atoms with van der Waals surface area (Å²) in [6.07, 6.45) is 0. The van der Waals surface area contributed by atoms with Crippen molar-refractivity contribution in [1.82, 2.24) is 15.3 Å². The summed E-state index contributed by atoms with van der Waals surface area (Å²) < 4.78 is 5.34. The van der Waals surface area contributed by atoms with E-state index in [4.69, 9.17) is 16.3 Å². The summed E-state index contributed by atoms with van der Waals surface area (Å²) in [6.45, 7) is 5.04. The van der Waals surface area contributed by atoms with E-state index in [2.05, 4.69) is 15.3 Å². The Balaban J connectivity index is 1.69. The predicted molar refractivity (Wildman–Crippen MR) is 92.4 cm³/mol. The maximum absolute atomic E-state index is 12.4. The fourth-order valence-electron chi connectivity index (χ4n) is 2.45. The van der Waals surface area contributed by atoms with Crippen molar-refractivity contribution >= 4 is 23.5 Å². The topological polar surface area (TPSA) is 67.4 Å². The molecule has 1 N–H and O–H groups in total. The van der Waals surface area contributed by atoms with Crippen molar-refractivity contribution in [2.45, 2.75) is 13.5 Å². The molecule has 1 aromatic carbocycles. The molecule has 0 unspecified atom stereocenters. The van der Waals surface area contributed by atoms with Crippen LogP contribution in [0.2, 0.25) is 5.02 Å². The molecule has 1 aromatic heterocycles. The van der Waals surface area contributed by atoms with Crippen LogP contribution >= 0.6 is 11.6 Å². The highest BCUT2D eigenvalue weighted by Crippen LogP contribution is 2.13. The van der Waals surface area contributed by atoms with Gasteiger partial charge in [-0.15, -0.1) is 0 Å². The third kappa shape index (κ3) is 4.21. The fraction of sp³-hybridized carbons (Fsp3) is 0.353. The number of nitrogens with one attached hydrogen (secondary N) is 1. The molecule has 7 heteroatoms. The van der Waals surface area contributed by atoms with E-state index in [1.807, 2.05) is 24.0 Å². The molecule has 0 saturated carbocycles. The quantitative estimate of drug-likeness (QED) is 0.919. The van der Waals surface area contributed by atoms with Gasteiger partial charge in [-0.2, -0.15) is 0 Å². The van der Waals surface area contributed by atoms with Gasteiger partial charge in [-0.05, 0) is 30.7 Å². The number of aryl methyl sites for hydroxylation is 1. The Hall–Kier alpha value is -2.18. The van der Waals surface area contributed by atoms with Crippen LogP contribution < -0.4 is 10.2 Å². The lowest BCUT2D eigenvalue weighted by atomic mass is 10.2. The number of morpholine rings is 1. The van der Waals surface area contributed by atoms with Gasteiger partial charge in [0.2, 0.25) is 5.95 Å². The van der Waals surface area contributed by atoms with Gasteiger partial charge in [0.05, 0.1) is 13.2 Å². The van der Waals surface area contributed by atoms with Crippen LogP contribution in [-0.4, -0.2) is 42.2 Å². The van der Waals surface area contributed by atoms with Crippen LogP contribution in [0.1, 0.15) is 21.7 Å². The highest BCUT2D eigenvalue weighted by atomic mass is 35.5. The van der Waals surface area contributed by atoms with Crippen molar-refractivity contribution in [1.29, 1.82) is 0 Å². The normalized spacial score (nSPS) is 14.5. The Morgan fingerprint density at radius 3 is 2.67 bits per heavy atom. The molecule has 1 saturated heterocycles. The number of aromatic nitrogens is 2. The Morgan fingerprint density at radius 2 is 1.96 bits per heavy atom.